The van der Waals surface area contributed by atoms with Gasteiger partial charge in [0.05, 0.1) is 10.7 Å². The molecule has 0 aliphatic carbocycles. The summed E-state index contributed by atoms with van der Waals surface area (Å²) in [5.74, 6) is 6.13. The second-order valence-electron chi connectivity index (χ2n) is 6.62. The van der Waals surface area contributed by atoms with Gasteiger partial charge in [0.2, 0.25) is 0 Å². The number of hydrogen-bond donors (Lipinski definition) is 2. The van der Waals surface area contributed by atoms with E-state index >= 15 is 0 Å². The quantitative estimate of drug-likeness (QED) is 0.396. The molecule has 0 aliphatic heterocycles. The Hall–Kier alpha value is -2.47. The minimum absolute atomic E-state index is 0.0920. The van der Waals surface area contributed by atoms with E-state index in [0.29, 0.717) is 23.7 Å². The van der Waals surface area contributed by atoms with E-state index in [9.17, 15) is 4.79 Å². The number of halogens is 2. The highest BCUT2D eigenvalue weighted by Gasteiger charge is 2.14. The van der Waals surface area contributed by atoms with E-state index in [1.54, 1.807) is 4.57 Å². The molecule has 0 bridgehead atoms. The summed E-state index contributed by atoms with van der Waals surface area (Å²) in [4.78, 5) is 12.7. The molecule has 0 fully saturated rings. The van der Waals surface area contributed by atoms with Crippen LogP contribution in [0.2, 0.25) is 10.0 Å². The maximum atomic E-state index is 12.7. The largest absolute Gasteiger partial charge is 0.487 e. The van der Waals surface area contributed by atoms with Crippen molar-refractivity contribution in [2.45, 2.75) is 32.9 Å². The van der Waals surface area contributed by atoms with E-state index in [0.717, 1.165) is 23.4 Å². The lowest BCUT2D eigenvalue weighted by Crippen LogP contribution is -2.26. The molecule has 0 saturated heterocycles. The van der Waals surface area contributed by atoms with E-state index in [-0.39, 0.29) is 17.2 Å². The van der Waals surface area contributed by atoms with Crippen LogP contribution >= 0.6 is 23.2 Å². The summed E-state index contributed by atoms with van der Waals surface area (Å²) < 4.78 is 7.51. The standard InChI is InChI=1S/C22H23Cl2N3O2/c1-2-15-4-3-5-18(12-15)29-14-21-19(23)13-20(24)22(28)27(21)11-10-16-6-8-17(26-25)9-7-16/h3-9,12-13,26H,2,10-11,14,25H2,1H3. The second kappa shape index (κ2) is 9.83. The molecular formula is C22H23Cl2N3O2. The summed E-state index contributed by atoms with van der Waals surface area (Å²) in [6.07, 6.45) is 1.56. The van der Waals surface area contributed by atoms with E-state index in [1.807, 2.05) is 48.5 Å². The van der Waals surface area contributed by atoms with Crippen LogP contribution in [0.4, 0.5) is 5.69 Å². The number of nitrogen functional groups attached to an aromatic ring is 1. The second-order valence-corrected chi connectivity index (χ2v) is 7.44. The van der Waals surface area contributed by atoms with Crippen molar-refractivity contribution in [3.63, 3.8) is 0 Å². The maximum Gasteiger partial charge on any atom is 0.269 e. The number of hydrazine groups is 1. The molecule has 1 heterocycles. The van der Waals surface area contributed by atoms with Crippen LogP contribution in [0, 0.1) is 0 Å². The van der Waals surface area contributed by atoms with Crippen molar-refractivity contribution in [2.24, 2.45) is 5.84 Å². The minimum atomic E-state index is -0.280. The first kappa shape index (κ1) is 21.2. The highest BCUT2D eigenvalue weighted by atomic mass is 35.5. The van der Waals surface area contributed by atoms with Gasteiger partial charge < -0.3 is 14.7 Å². The molecule has 0 amide bonds. The first-order valence-corrected chi connectivity index (χ1v) is 10.1. The predicted molar refractivity (Wildman–Crippen MR) is 119 cm³/mol. The van der Waals surface area contributed by atoms with Gasteiger partial charge in [0.25, 0.3) is 5.56 Å². The molecule has 7 heteroatoms. The zero-order valence-corrected chi connectivity index (χ0v) is 17.6. The Morgan fingerprint density at radius 2 is 1.79 bits per heavy atom. The minimum Gasteiger partial charge on any atom is -0.487 e. The summed E-state index contributed by atoms with van der Waals surface area (Å²) >= 11 is 12.5. The molecule has 0 radical (unpaired) electrons. The fourth-order valence-electron chi connectivity index (χ4n) is 3.04. The van der Waals surface area contributed by atoms with Crippen molar-refractivity contribution in [2.75, 3.05) is 5.43 Å². The van der Waals surface area contributed by atoms with Crippen molar-refractivity contribution in [3.05, 3.63) is 91.8 Å². The normalized spacial score (nSPS) is 10.8. The Labute approximate surface area is 180 Å². The highest BCUT2D eigenvalue weighted by Crippen LogP contribution is 2.22. The number of benzene rings is 2. The lowest BCUT2D eigenvalue weighted by Gasteiger charge is -2.16. The van der Waals surface area contributed by atoms with E-state index < -0.39 is 0 Å². The topological polar surface area (TPSA) is 69.3 Å². The maximum absolute atomic E-state index is 12.7. The molecule has 2 aromatic carbocycles. The van der Waals surface area contributed by atoms with Crippen LogP contribution in [0.15, 0.2) is 59.4 Å². The molecule has 0 atom stereocenters. The Balaban J connectivity index is 1.82. The Morgan fingerprint density at radius 3 is 2.48 bits per heavy atom. The monoisotopic (exact) mass is 431 g/mol. The van der Waals surface area contributed by atoms with Crippen LogP contribution < -0.4 is 21.6 Å². The lowest BCUT2D eigenvalue weighted by molar-refractivity contribution is 0.292. The fraction of sp³-hybridized carbons (Fsp3) is 0.227. The number of nitrogens with zero attached hydrogens (tertiary/aromatic N) is 1. The number of aromatic nitrogens is 1. The van der Waals surface area contributed by atoms with Crippen LogP contribution in [-0.2, 0) is 26.0 Å². The highest BCUT2D eigenvalue weighted by molar-refractivity contribution is 6.34. The van der Waals surface area contributed by atoms with Crippen molar-refractivity contribution >= 4 is 28.9 Å². The summed E-state index contributed by atoms with van der Waals surface area (Å²) in [6, 6.07) is 17.0. The van der Waals surface area contributed by atoms with Gasteiger partial charge in [0.1, 0.15) is 17.4 Å². The molecule has 0 spiro atoms. The summed E-state index contributed by atoms with van der Waals surface area (Å²) in [5.41, 5.74) is 5.98. The van der Waals surface area contributed by atoms with Crippen LogP contribution in [0.5, 0.6) is 5.75 Å². The van der Waals surface area contributed by atoms with Gasteiger partial charge in [0.15, 0.2) is 0 Å². The van der Waals surface area contributed by atoms with Gasteiger partial charge in [0, 0.05) is 12.2 Å². The van der Waals surface area contributed by atoms with Crippen molar-refractivity contribution in [3.8, 4) is 5.75 Å². The molecule has 0 saturated carbocycles. The van der Waals surface area contributed by atoms with Gasteiger partial charge >= 0.3 is 0 Å². The number of nitrogens with two attached hydrogens (primary N) is 1. The molecule has 3 rings (SSSR count). The fourth-order valence-corrected chi connectivity index (χ4v) is 3.57. The van der Waals surface area contributed by atoms with Crippen molar-refractivity contribution < 1.29 is 4.74 Å². The molecule has 3 aromatic rings. The molecule has 152 valence electrons. The summed E-state index contributed by atoms with van der Waals surface area (Å²) in [6.45, 7) is 2.69. The predicted octanol–water partition coefficient (Wildman–Crippen LogP) is 4.82. The molecule has 1 aromatic heterocycles. The van der Waals surface area contributed by atoms with Crippen molar-refractivity contribution in [1.82, 2.24) is 4.57 Å². The summed E-state index contributed by atoms with van der Waals surface area (Å²) in [7, 11) is 0. The molecule has 0 unspecified atom stereocenters. The molecule has 0 aliphatic rings. The average molecular weight is 432 g/mol. The van der Waals surface area contributed by atoms with Gasteiger partial charge in [-0.15, -0.1) is 0 Å². The molecule has 29 heavy (non-hydrogen) atoms. The number of pyridine rings is 1. The first-order chi connectivity index (χ1) is 14.0. The number of anilines is 1. The Kier molecular flexibility index (Phi) is 7.20. The van der Waals surface area contributed by atoms with E-state index in [4.69, 9.17) is 33.8 Å². The SMILES string of the molecule is CCc1cccc(OCc2c(Cl)cc(Cl)c(=O)n2CCc2ccc(NN)cc2)c1. The zero-order valence-electron chi connectivity index (χ0n) is 16.1. The zero-order chi connectivity index (χ0) is 20.8. The number of aryl methyl sites for hydroxylation is 2. The van der Waals surface area contributed by atoms with Gasteiger partial charge in [-0.2, -0.15) is 0 Å². The summed E-state index contributed by atoms with van der Waals surface area (Å²) in [5, 5.41) is 0.498. The Bertz CT molecular complexity index is 1030. The first-order valence-electron chi connectivity index (χ1n) is 9.36. The van der Waals surface area contributed by atoms with Crippen LogP contribution in [0.1, 0.15) is 23.7 Å². The average Bonchev–Trinajstić information content (AvgIpc) is 2.75. The van der Waals surface area contributed by atoms with Gasteiger partial charge in [-0.3, -0.25) is 10.6 Å². The number of nitrogens with one attached hydrogen (secondary N) is 1. The van der Waals surface area contributed by atoms with Gasteiger partial charge in [-0.05, 0) is 54.3 Å². The van der Waals surface area contributed by atoms with Gasteiger partial charge in [-0.1, -0.05) is 54.4 Å². The van der Waals surface area contributed by atoms with E-state index in [1.165, 1.54) is 11.6 Å². The Morgan fingerprint density at radius 1 is 1.03 bits per heavy atom. The molecular weight excluding hydrogens is 409 g/mol. The van der Waals surface area contributed by atoms with Crippen LogP contribution in [0.25, 0.3) is 0 Å². The number of rotatable bonds is 8. The molecule has 5 nitrogen and oxygen atoms in total. The third-order valence-electron chi connectivity index (χ3n) is 4.73. The third kappa shape index (κ3) is 5.32. The third-order valence-corrected chi connectivity index (χ3v) is 5.33. The molecule has 3 N–H and O–H groups in total. The van der Waals surface area contributed by atoms with Crippen LogP contribution in [0.3, 0.4) is 0 Å². The van der Waals surface area contributed by atoms with Crippen molar-refractivity contribution in [1.29, 1.82) is 0 Å². The van der Waals surface area contributed by atoms with E-state index in [2.05, 4.69) is 12.3 Å². The lowest BCUT2D eigenvalue weighted by atomic mass is 10.1. The number of hydrogen-bond acceptors (Lipinski definition) is 4. The number of ether oxygens (including phenoxy) is 1. The smallest absolute Gasteiger partial charge is 0.269 e. The van der Waals surface area contributed by atoms with Gasteiger partial charge in [-0.25, -0.2) is 0 Å². The van der Waals surface area contributed by atoms with Crippen LogP contribution in [-0.4, -0.2) is 4.57 Å².